The summed E-state index contributed by atoms with van der Waals surface area (Å²) in [4.78, 5) is 38.5. The fourth-order valence-electron chi connectivity index (χ4n) is 3.80. The number of carbonyl (C=O) groups excluding carboxylic acids is 3. The average Bonchev–Trinajstić information content (AvgIpc) is 2.64. The number of aryl methyl sites for hydroxylation is 3. The molecule has 1 aromatic rings. The van der Waals surface area contributed by atoms with Crippen LogP contribution in [0.3, 0.4) is 0 Å². The summed E-state index contributed by atoms with van der Waals surface area (Å²) in [5.41, 5.74) is 3.96. The summed E-state index contributed by atoms with van der Waals surface area (Å²) in [5.74, 6) is -0.620. The third-order valence-electron chi connectivity index (χ3n) is 5.55. The summed E-state index contributed by atoms with van der Waals surface area (Å²) < 4.78 is 0. The maximum absolute atomic E-state index is 12.5. The summed E-state index contributed by atoms with van der Waals surface area (Å²) >= 11 is 0. The monoisotopic (exact) mass is 402 g/mol. The molecule has 2 rings (SSSR count). The fourth-order valence-corrected chi connectivity index (χ4v) is 3.80. The number of nitrogens with zero attached hydrogens (tertiary/aromatic N) is 1. The average molecular weight is 403 g/mol. The van der Waals surface area contributed by atoms with Crippen LogP contribution in [0.4, 0.5) is 10.5 Å². The highest BCUT2D eigenvalue weighted by atomic mass is 16.2. The first-order valence-corrected chi connectivity index (χ1v) is 10.4. The van der Waals surface area contributed by atoms with Gasteiger partial charge in [0, 0.05) is 11.7 Å². The van der Waals surface area contributed by atoms with Crippen molar-refractivity contribution in [3.63, 3.8) is 0 Å². The zero-order chi connectivity index (χ0) is 21.6. The number of amides is 4. The number of carbonyl (C=O) groups is 3. The lowest BCUT2D eigenvalue weighted by Gasteiger charge is -2.25. The van der Waals surface area contributed by atoms with Crippen molar-refractivity contribution in [1.29, 1.82) is 0 Å². The van der Waals surface area contributed by atoms with Crippen LogP contribution < -0.4 is 16.0 Å². The summed E-state index contributed by atoms with van der Waals surface area (Å²) in [6.07, 6.45) is 5.31. The van der Waals surface area contributed by atoms with Crippen molar-refractivity contribution in [3.05, 3.63) is 28.8 Å². The van der Waals surface area contributed by atoms with Gasteiger partial charge in [-0.05, 0) is 58.7 Å². The quantitative estimate of drug-likeness (QED) is 0.682. The van der Waals surface area contributed by atoms with Crippen molar-refractivity contribution >= 4 is 23.5 Å². The second-order valence-corrected chi connectivity index (χ2v) is 8.21. The predicted octanol–water partition coefficient (Wildman–Crippen LogP) is 3.03. The van der Waals surface area contributed by atoms with E-state index in [-0.39, 0.29) is 18.5 Å². The molecule has 1 aromatic carbocycles. The summed E-state index contributed by atoms with van der Waals surface area (Å²) in [7, 11) is 1.69. The van der Waals surface area contributed by atoms with Crippen LogP contribution >= 0.6 is 0 Å². The number of benzene rings is 1. The summed E-state index contributed by atoms with van der Waals surface area (Å²) in [6, 6.07) is 3.10. The van der Waals surface area contributed by atoms with E-state index in [2.05, 4.69) is 16.0 Å². The second-order valence-electron chi connectivity index (χ2n) is 8.21. The molecule has 0 saturated heterocycles. The third kappa shape index (κ3) is 6.85. The minimum absolute atomic E-state index is 0.0472. The molecule has 29 heavy (non-hydrogen) atoms. The molecule has 0 unspecified atom stereocenters. The van der Waals surface area contributed by atoms with E-state index in [9.17, 15) is 14.4 Å². The Hall–Kier alpha value is -2.41. The van der Waals surface area contributed by atoms with Crippen molar-refractivity contribution < 1.29 is 14.4 Å². The number of urea groups is 1. The summed E-state index contributed by atoms with van der Waals surface area (Å²) in [5, 5.41) is 8.19. The molecule has 0 bridgehead atoms. The fraction of sp³-hybridized carbons (Fsp3) is 0.591. The highest BCUT2D eigenvalue weighted by molar-refractivity contribution is 5.98. The maximum Gasteiger partial charge on any atom is 0.321 e. The van der Waals surface area contributed by atoms with Gasteiger partial charge in [-0.15, -0.1) is 0 Å². The van der Waals surface area contributed by atoms with Crippen LogP contribution in [0.25, 0.3) is 0 Å². The van der Waals surface area contributed by atoms with Crippen molar-refractivity contribution in [2.45, 2.75) is 71.9 Å². The van der Waals surface area contributed by atoms with Crippen LogP contribution in [0.1, 0.15) is 55.7 Å². The first-order chi connectivity index (χ1) is 13.7. The second kappa shape index (κ2) is 10.4. The lowest BCUT2D eigenvalue weighted by molar-refractivity contribution is -0.125. The minimum Gasteiger partial charge on any atom is -0.335 e. The van der Waals surface area contributed by atoms with E-state index in [1.54, 1.807) is 18.9 Å². The van der Waals surface area contributed by atoms with Gasteiger partial charge in [-0.1, -0.05) is 37.0 Å². The third-order valence-corrected chi connectivity index (χ3v) is 5.55. The van der Waals surface area contributed by atoms with Crippen LogP contribution in [0.2, 0.25) is 0 Å². The molecule has 1 saturated carbocycles. The Morgan fingerprint density at radius 1 is 1.07 bits per heavy atom. The molecule has 3 N–H and O–H groups in total. The van der Waals surface area contributed by atoms with Crippen LogP contribution in [-0.4, -0.2) is 48.4 Å². The number of hydrogen-bond donors (Lipinski definition) is 3. The zero-order valence-electron chi connectivity index (χ0n) is 18.2. The number of imide groups is 1. The Morgan fingerprint density at radius 3 is 2.24 bits per heavy atom. The lowest BCUT2D eigenvalue weighted by Crippen LogP contribution is -2.51. The highest BCUT2D eigenvalue weighted by Gasteiger charge is 2.23. The van der Waals surface area contributed by atoms with Crippen LogP contribution in [0.5, 0.6) is 0 Å². The van der Waals surface area contributed by atoms with Gasteiger partial charge in [-0.25, -0.2) is 4.79 Å². The molecule has 0 spiro atoms. The number of likely N-dealkylation sites (N-methyl/N-ethyl adjacent to an activating group) is 1. The zero-order valence-corrected chi connectivity index (χ0v) is 18.2. The Kier molecular flexibility index (Phi) is 8.20. The largest absolute Gasteiger partial charge is 0.335 e. The van der Waals surface area contributed by atoms with Gasteiger partial charge in [0.15, 0.2) is 0 Å². The summed E-state index contributed by atoms with van der Waals surface area (Å²) in [6.45, 7) is 7.66. The molecular formula is C22H34N4O3. The molecular weight excluding hydrogens is 368 g/mol. The molecule has 0 aliphatic heterocycles. The minimum atomic E-state index is -0.613. The van der Waals surface area contributed by atoms with E-state index < -0.39 is 18.0 Å². The Morgan fingerprint density at radius 2 is 1.66 bits per heavy atom. The smallest absolute Gasteiger partial charge is 0.321 e. The van der Waals surface area contributed by atoms with E-state index in [0.29, 0.717) is 0 Å². The molecule has 7 nitrogen and oxygen atoms in total. The van der Waals surface area contributed by atoms with E-state index in [1.165, 1.54) is 6.42 Å². The van der Waals surface area contributed by atoms with Crippen molar-refractivity contribution in [1.82, 2.24) is 15.5 Å². The Balaban J connectivity index is 1.84. The van der Waals surface area contributed by atoms with Crippen LogP contribution in [0.15, 0.2) is 12.1 Å². The Bertz CT molecular complexity index is 733. The number of nitrogens with one attached hydrogen (secondary N) is 3. The van der Waals surface area contributed by atoms with Crippen LogP contribution in [0, 0.1) is 20.8 Å². The van der Waals surface area contributed by atoms with E-state index in [0.717, 1.165) is 48.1 Å². The first-order valence-electron chi connectivity index (χ1n) is 10.4. The highest BCUT2D eigenvalue weighted by Crippen LogP contribution is 2.22. The number of rotatable bonds is 6. The molecule has 0 aromatic heterocycles. The molecule has 1 fully saturated rings. The van der Waals surface area contributed by atoms with Gasteiger partial charge in [0.25, 0.3) is 0 Å². The molecule has 1 aliphatic carbocycles. The lowest BCUT2D eigenvalue weighted by atomic mass is 9.96. The van der Waals surface area contributed by atoms with Gasteiger partial charge in [0.2, 0.25) is 11.8 Å². The van der Waals surface area contributed by atoms with Gasteiger partial charge in [0.1, 0.15) is 0 Å². The van der Waals surface area contributed by atoms with Gasteiger partial charge in [-0.3, -0.25) is 19.8 Å². The number of anilines is 1. The van der Waals surface area contributed by atoms with Crippen molar-refractivity contribution in [3.8, 4) is 0 Å². The van der Waals surface area contributed by atoms with Crippen molar-refractivity contribution in [2.24, 2.45) is 0 Å². The molecule has 0 radical (unpaired) electrons. The van der Waals surface area contributed by atoms with Gasteiger partial charge in [-0.2, -0.15) is 0 Å². The predicted molar refractivity (Wildman–Crippen MR) is 115 cm³/mol. The maximum atomic E-state index is 12.5. The standard InChI is InChI=1S/C22H34N4O3/c1-14-11-15(2)20(16(3)12-14)24-19(27)13-26(5)17(4)21(28)25-22(29)23-18-9-7-6-8-10-18/h11-12,17-18H,6-10,13H2,1-5H3,(H,24,27)(H2,23,25,28,29)/t17-/m0/s1. The van der Waals surface area contributed by atoms with Crippen molar-refractivity contribution in [2.75, 3.05) is 18.9 Å². The van der Waals surface area contributed by atoms with Gasteiger partial charge in [0.05, 0.1) is 12.6 Å². The van der Waals surface area contributed by atoms with E-state index in [1.807, 2.05) is 32.9 Å². The molecule has 1 atom stereocenters. The normalized spacial score (nSPS) is 15.7. The SMILES string of the molecule is Cc1cc(C)c(NC(=O)CN(C)[C@@H](C)C(=O)NC(=O)NC2CCCCC2)c(C)c1. The number of hydrogen-bond acceptors (Lipinski definition) is 4. The van der Waals surface area contributed by atoms with E-state index >= 15 is 0 Å². The molecule has 7 heteroatoms. The molecule has 4 amide bonds. The van der Waals surface area contributed by atoms with Gasteiger partial charge < -0.3 is 10.6 Å². The first kappa shape index (κ1) is 22.9. The van der Waals surface area contributed by atoms with E-state index in [4.69, 9.17) is 0 Å². The topological polar surface area (TPSA) is 90.5 Å². The molecule has 1 aliphatic rings. The molecule has 160 valence electrons. The Labute approximate surface area is 173 Å². The molecule has 0 heterocycles. The van der Waals surface area contributed by atoms with Gasteiger partial charge >= 0.3 is 6.03 Å². The van der Waals surface area contributed by atoms with Crippen LogP contribution in [-0.2, 0) is 9.59 Å².